The number of rotatable bonds is 5. The number of imidazole rings is 1. The fourth-order valence-corrected chi connectivity index (χ4v) is 2.75. The van der Waals surface area contributed by atoms with E-state index in [1.165, 1.54) is 24.1 Å². The summed E-state index contributed by atoms with van der Waals surface area (Å²) in [6.45, 7) is 1.01. The van der Waals surface area contributed by atoms with Gasteiger partial charge in [-0.3, -0.25) is 0 Å². The van der Waals surface area contributed by atoms with Gasteiger partial charge in [0, 0.05) is 35.9 Å². The molecule has 2 N–H and O–H groups in total. The van der Waals surface area contributed by atoms with Gasteiger partial charge in [0.2, 0.25) is 0 Å². The number of aromatic nitrogens is 2. The van der Waals surface area contributed by atoms with E-state index in [9.17, 15) is 0 Å². The third-order valence-corrected chi connectivity index (χ3v) is 4.11. The van der Waals surface area contributed by atoms with Crippen LogP contribution in [0, 0.1) is 0 Å². The molecule has 0 spiro atoms. The lowest BCUT2D eigenvalue weighted by atomic mass is 9.76. The first-order valence-electron chi connectivity index (χ1n) is 6.77. The molecule has 1 aliphatic rings. The normalized spacial score (nSPS) is 22.2. The van der Waals surface area contributed by atoms with Crippen molar-refractivity contribution in [3.63, 3.8) is 0 Å². The molecule has 0 atom stereocenters. The second-order valence-corrected chi connectivity index (χ2v) is 5.63. The Kier molecular flexibility index (Phi) is 3.85. The van der Waals surface area contributed by atoms with Gasteiger partial charge < -0.3 is 10.3 Å². The molecular formula is C15H18ClN3. The van der Waals surface area contributed by atoms with Crippen molar-refractivity contribution in [3.05, 3.63) is 53.1 Å². The zero-order valence-electron chi connectivity index (χ0n) is 10.8. The Labute approximate surface area is 118 Å². The van der Waals surface area contributed by atoms with Crippen molar-refractivity contribution >= 4 is 11.6 Å². The Morgan fingerprint density at radius 3 is 2.74 bits per heavy atom. The average molecular weight is 276 g/mol. The van der Waals surface area contributed by atoms with E-state index in [1.807, 2.05) is 18.3 Å². The minimum atomic E-state index is 0.656. The van der Waals surface area contributed by atoms with E-state index in [-0.39, 0.29) is 0 Å². The van der Waals surface area contributed by atoms with Gasteiger partial charge in [-0.25, -0.2) is 4.98 Å². The summed E-state index contributed by atoms with van der Waals surface area (Å²) in [4.78, 5) is 7.14. The smallest absolute Gasteiger partial charge is 0.0921 e. The van der Waals surface area contributed by atoms with Crippen molar-refractivity contribution in [3.8, 4) is 0 Å². The average Bonchev–Trinajstić information content (AvgIpc) is 2.87. The number of nitrogens with one attached hydrogen (secondary N) is 2. The number of hydrogen-bond acceptors (Lipinski definition) is 2. The van der Waals surface area contributed by atoms with E-state index in [0.29, 0.717) is 12.0 Å². The molecule has 100 valence electrons. The largest absolute Gasteiger partial charge is 0.348 e. The van der Waals surface area contributed by atoms with E-state index in [0.717, 1.165) is 18.0 Å². The maximum atomic E-state index is 5.90. The molecule has 3 nitrogen and oxygen atoms in total. The molecule has 0 saturated heterocycles. The molecule has 1 aromatic heterocycles. The minimum absolute atomic E-state index is 0.656. The molecule has 2 aromatic rings. The number of hydrogen-bond donors (Lipinski definition) is 2. The summed E-state index contributed by atoms with van der Waals surface area (Å²) in [5, 5.41) is 4.41. The van der Waals surface area contributed by atoms with Gasteiger partial charge in [-0.15, -0.1) is 0 Å². The van der Waals surface area contributed by atoms with E-state index in [2.05, 4.69) is 27.4 Å². The summed E-state index contributed by atoms with van der Waals surface area (Å²) in [6.07, 6.45) is 7.09. The topological polar surface area (TPSA) is 40.7 Å². The summed E-state index contributed by atoms with van der Waals surface area (Å²) in [5.74, 6) is 0.696. The Bertz CT molecular complexity index is 501. The molecule has 1 saturated carbocycles. The van der Waals surface area contributed by atoms with Gasteiger partial charge in [0.1, 0.15) is 0 Å². The highest BCUT2D eigenvalue weighted by Crippen LogP contribution is 2.37. The van der Waals surface area contributed by atoms with Crippen LogP contribution in [0.1, 0.15) is 30.0 Å². The maximum Gasteiger partial charge on any atom is 0.0921 e. The van der Waals surface area contributed by atoms with Crippen LogP contribution in [0.25, 0.3) is 0 Å². The number of aromatic amines is 1. The molecule has 0 radical (unpaired) electrons. The number of nitrogens with zero attached hydrogens (tertiary/aromatic N) is 1. The third-order valence-electron chi connectivity index (χ3n) is 3.86. The van der Waals surface area contributed by atoms with Crippen LogP contribution < -0.4 is 5.32 Å². The van der Waals surface area contributed by atoms with Crippen LogP contribution >= 0.6 is 11.6 Å². The third kappa shape index (κ3) is 3.17. The van der Waals surface area contributed by atoms with Crippen molar-refractivity contribution in [2.45, 2.75) is 31.2 Å². The van der Waals surface area contributed by atoms with E-state index >= 15 is 0 Å². The minimum Gasteiger partial charge on any atom is -0.348 e. The standard InChI is InChI=1S/C15H18ClN3/c16-13-3-1-11(2-4-13)12-7-15(8-12)18-6-5-14-9-17-10-19-14/h1-4,9-10,12,15,18H,5-8H2,(H,17,19). The lowest BCUT2D eigenvalue weighted by molar-refractivity contribution is 0.292. The summed E-state index contributed by atoms with van der Waals surface area (Å²) < 4.78 is 0. The Hall–Kier alpha value is -1.32. The molecule has 0 amide bonds. The van der Waals surface area contributed by atoms with Crippen LogP contribution in [-0.4, -0.2) is 22.6 Å². The second kappa shape index (κ2) is 5.76. The van der Waals surface area contributed by atoms with Gasteiger partial charge in [-0.1, -0.05) is 23.7 Å². The molecule has 0 bridgehead atoms. The zero-order chi connectivity index (χ0) is 13.1. The molecule has 3 rings (SSSR count). The molecule has 1 aromatic carbocycles. The first-order valence-corrected chi connectivity index (χ1v) is 7.15. The van der Waals surface area contributed by atoms with Gasteiger partial charge in [-0.2, -0.15) is 0 Å². The predicted molar refractivity (Wildman–Crippen MR) is 77.5 cm³/mol. The quantitative estimate of drug-likeness (QED) is 0.880. The second-order valence-electron chi connectivity index (χ2n) is 5.20. The van der Waals surface area contributed by atoms with Crippen LogP contribution in [0.3, 0.4) is 0 Å². The fourth-order valence-electron chi connectivity index (χ4n) is 2.62. The molecule has 1 heterocycles. The Balaban J connectivity index is 1.39. The van der Waals surface area contributed by atoms with Crippen molar-refractivity contribution < 1.29 is 0 Å². The van der Waals surface area contributed by atoms with E-state index in [4.69, 9.17) is 11.6 Å². The van der Waals surface area contributed by atoms with Crippen molar-refractivity contribution in [1.82, 2.24) is 15.3 Å². The van der Waals surface area contributed by atoms with Gasteiger partial charge >= 0.3 is 0 Å². The SMILES string of the molecule is Clc1ccc(C2CC(NCCc3cnc[nH]3)C2)cc1. The monoisotopic (exact) mass is 275 g/mol. The summed E-state index contributed by atoms with van der Waals surface area (Å²) in [6, 6.07) is 8.91. The molecule has 19 heavy (non-hydrogen) atoms. The summed E-state index contributed by atoms with van der Waals surface area (Å²) >= 11 is 5.90. The first kappa shape index (κ1) is 12.7. The number of benzene rings is 1. The van der Waals surface area contributed by atoms with Crippen LogP contribution in [0.2, 0.25) is 5.02 Å². The van der Waals surface area contributed by atoms with Crippen LogP contribution in [0.4, 0.5) is 0 Å². The van der Waals surface area contributed by atoms with Crippen molar-refractivity contribution in [2.24, 2.45) is 0 Å². The highest BCUT2D eigenvalue weighted by Gasteiger charge is 2.29. The predicted octanol–water partition coefficient (Wildman–Crippen LogP) is 3.14. The van der Waals surface area contributed by atoms with Crippen LogP contribution in [0.5, 0.6) is 0 Å². The molecule has 1 aliphatic carbocycles. The number of H-pyrrole nitrogens is 1. The van der Waals surface area contributed by atoms with Crippen LogP contribution in [-0.2, 0) is 6.42 Å². The highest BCUT2D eigenvalue weighted by atomic mass is 35.5. The van der Waals surface area contributed by atoms with Crippen molar-refractivity contribution in [2.75, 3.05) is 6.54 Å². The highest BCUT2D eigenvalue weighted by molar-refractivity contribution is 6.30. The Morgan fingerprint density at radius 2 is 2.05 bits per heavy atom. The van der Waals surface area contributed by atoms with Crippen LogP contribution in [0.15, 0.2) is 36.8 Å². The van der Waals surface area contributed by atoms with Crippen molar-refractivity contribution in [1.29, 1.82) is 0 Å². The van der Waals surface area contributed by atoms with Gasteiger partial charge in [0.25, 0.3) is 0 Å². The van der Waals surface area contributed by atoms with E-state index < -0.39 is 0 Å². The first-order chi connectivity index (χ1) is 9.31. The molecular weight excluding hydrogens is 258 g/mol. The van der Waals surface area contributed by atoms with Gasteiger partial charge in [0.15, 0.2) is 0 Å². The number of halogens is 1. The maximum absolute atomic E-state index is 5.90. The van der Waals surface area contributed by atoms with Gasteiger partial charge in [0.05, 0.1) is 6.33 Å². The fraction of sp³-hybridized carbons (Fsp3) is 0.400. The molecule has 0 unspecified atom stereocenters. The lowest BCUT2D eigenvalue weighted by Gasteiger charge is -2.36. The molecule has 0 aliphatic heterocycles. The van der Waals surface area contributed by atoms with Gasteiger partial charge in [-0.05, 0) is 36.5 Å². The lowest BCUT2D eigenvalue weighted by Crippen LogP contribution is -2.40. The molecule has 1 fully saturated rings. The zero-order valence-corrected chi connectivity index (χ0v) is 11.5. The summed E-state index contributed by atoms with van der Waals surface area (Å²) in [5.41, 5.74) is 2.61. The van der Waals surface area contributed by atoms with E-state index in [1.54, 1.807) is 6.33 Å². The Morgan fingerprint density at radius 1 is 1.26 bits per heavy atom. The summed E-state index contributed by atoms with van der Waals surface area (Å²) in [7, 11) is 0. The molecule has 4 heteroatoms.